The fourth-order valence-corrected chi connectivity index (χ4v) is 7.50. The summed E-state index contributed by atoms with van der Waals surface area (Å²) >= 11 is 0. The molecule has 3 fully saturated rings. The molecule has 40 heavy (non-hydrogen) atoms. The highest BCUT2D eigenvalue weighted by atomic mass is 16.5. The van der Waals surface area contributed by atoms with Crippen molar-refractivity contribution in [1.82, 2.24) is 34.7 Å². The van der Waals surface area contributed by atoms with Crippen molar-refractivity contribution < 1.29 is 9.47 Å². The van der Waals surface area contributed by atoms with Gasteiger partial charge in [0, 0.05) is 61.3 Å². The predicted molar refractivity (Wildman–Crippen MR) is 152 cm³/mol. The lowest BCUT2D eigenvalue weighted by atomic mass is 9.82. The maximum absolute atomic E-state index is 5.85. The van der Waals surface area contributed by atoms with Crippen molar-refractivity contribution >= 4 is 22.4 Å². The Kier molecular flexibility index (Phi) is 5.44. The maximum Gasteiger partial charge on any atom is 0.212 e. The van der Waals surface area contributed by atoms with E-state index < -0.39 is 0 Å². The molecule has 5 aromatic rings. The van der Waals surface area contributed by atoms with Gasteiger partial charge in [-0.3, -0.25) is 10.00 Å². The van der Waals surface area contributed by atoms with Crippen LogP contribution in [0.5, 0.6) is 11.6 Å². The summed E-state index contributed by atoms with van der Waals surface area (Å²) in [5, 5.41) is 12.8. The first-order chi connectivity index (χ1) is 19.7. The van der Waals surface area contributed by atoms with E-state index in [1.807, 2.05) is 42.3 Å². The molecule has 4 atom stereocenters. The Hall–Kier alpha value is -4.18. The van der Waals surface area contributed by atoms with E-state index in [4.69, 9.17) is 14.5 Å². The van der Waals surface area contributed by atoms with Crippen LogP contribution in [0.4, 0.5) is 5.82 Å². The second-order valence-electron chi connectivity index (χ2n) is 11.2. The maximum atomic E-state index is 5.85. The lowest BCUT2D eigenvalue weighted by Crippen LogP contribution is -2.35. The smallest absolute Gasteiger partial charge is 0.212 e. The van der Waals surface area contributed by atoms with Gasteiger partial charge in [-0.25, -0.2) is 14.5 Å². The fourth-order valence-electron chi connectivity index (χ4n) is 7.50. The highest BCUT2D eigenvalue weighted by Gasteiger charge is 2.56. The van der Waals surface area contributed by atoms with E-state index in [0.717, 1.165) is 58.9 Å². The Balaban J connectivity index is 1.03. The number of ether oxygens (including phenoxy) is 2. The first kappa shape index (κ1) is 23.7. The standard InChI is InChI=1S/C30H32N8O2/c1-3-40-20-10-21(29-22-13-33-34-30(22)35-38(29)15-20)19-5-8-27(31-12-19)36-16-23-24(17-36)26-7-6-25(23)37(26)14-18-4-9-28(39-2)32-11-18/h4-5,8-13,15,23-26H,3,6-7,14,16-17H2,1-2H3,(H,34,35)/t23-,24?,25?,26?/m0/s1. The second-order valence-corrected chi connectivity index (χ2v) is 11.2. The molecular weight excluding hydrogens is 504 g/mol. The third-order valence-corrected chi connectivity index (χ3v) is 9.18. The highest BCUT2D eigenvalue weighted by molar-refractivity contribution is 6.00. The molecule has 3 saturated heterocycles. The van der Waals surface area contributed by atoms with Crippen molar-refractivity contribution in [1.29, 1.82) is 0 Å². The first-order valence-electron chi connectivity index (χ1n) is 14.1. The summed E-state index contributed by atoms with van der Waals surface area (Å²) in [7, 11) is 1.66. The number of fused-ring (bicyclic) bond motifs is 8. The van der Waals surface area contributed by atoms with Gasteiger partial charge in [0.25, 0.3) is 0 Å². The molecule has 0 saturated carbocycles. The van der Waals surface area contributed by atoms with Crippen molar-refractivity contribution in [3.63, 3.8) is 0 Å². The van der Waals surface area contributed by atoms with Gasteiger partial charge in [0.15, 0.2) is 5.65 Å². The molecule has 0 radical (unpaired) electrons. The Morgan fingerprint density at radius 1 is 1.00 bits per heavy atom. The lowest BCUT2D eigenvalue weighted by Gasteiger charge is -2.27. The number of rotatable bonds is 7. The van der Waals surface area contributed by atoms with Crippen LogP contribution in [0.3, 0.4) is 0 Å². The number of H-pyrrole nitrogens is 1. The van der Waals surface area contributed by atoms with Crippen LogP contribution < -0.4 is 14.4 Å². The normalized spacial score (nSPS) is 23.9. The third kappa shape index (κ3) is 3.66. The topological polar surface area (TPSA) is 96.7 Å². The number of hydrogen-bond donors (Lipinski definition) is 1. The van der Waals surface area contributed by atoms with Crippen LogP contribution in [0, 0.1) is 11.8 Å². The van der Waals surface area contributed by atoms with Crippen molar-refractivity contribution in [3.8, 4) is 22.8 Å². The zero-order valence-corrected chi connectivity index (χ0v) is 22.7. The molecule has 0 aliphatic carbocycles. The number of hydrogen-bond acceptors (Lipinski definition) is 8. The monoisotopic (exact) mass is 536 g/mol. The Morgan fingerprint density at radius 2 is 1.85 bits per heavy atom. The van der Waals surface area contributed by atoms with Crippen LogP contribution in [0.15, 0.2) is 55.1 Å². The first-order valence-corrected chi connectivity index (χ1v) is 14.1. The lowest BCUT2D eigenvalue weighted by molar-refractivity contribution is 0.221. The van der Waals surface area contributed by atoms with Crippen molar-refractivity contribution in [2.45, 2.75) is 38.4 Å². The van der Waals surface area contributed by atoms with Crippen molar-refractivity contribution in [2.75, 3.05) is 31.7 Å². The molecule has 3 unspecified atom stereocenters. The van der Waals surface area contributed by atoms with Gasteiger partial charge in [0.05, 0.1) is 37.0 Å². The average molecular weight is 537 g/mol. The number of anilines is 1. The van der Waals surface area contributed by atoms with E-state index in [0.29, 0.717) is 36.4 Å². The predicted octanol–water partition coefficient (Wildman–Crippen LogP) is 4.17. The van der Waals surface area contributed by atoms with Gasteiger partial charge in [-0.2, -0.15) is 5.10 Å². The number of aromatic nitrogens is 6. The van der Waals surface area contributed by atoms with Crippen LogP contribution in [0.1, 0.15) is 25.3 Å². The third-order valence-electron chi connectivity index (χ3n) is 9.18. The largest absolute Gasteiger partial charge is 0.492 e. The SMILES string of the molecule is CCOc1cc(-c2ccc(N3CC4C5CCC([C@H]4C3)N5Cc3ccc(OC)nc3)nc2)c2c3cn[nH]c3nn2c1. The number of nitrogens with one attached hydrogen (secondary N) is 1. The molecule has 3 aliphatic heterocycles. The van der Waals surface area contributed by atoms with Crippen LogP contribution in [-0.2, 0) is 6.54 Å². The van der Waals surface area contributed by atoms with Crippen LogP contribution in [0.25, 0.3) is 27.7 Å². The summed E-state index contributed by atoms with van der Waals surface area (Å²) in [5.41, 5.74) is 5.10. The summed E-state index contributed by atoms with van der Waals surface area (Å²) in [4.78, 5) is 14.6. The summed E-state index contributed by atoms with van der Waals surface area (Å²) in [5.74, 6) is 3.89. The van der Waals surface area contributed by atoms with E-state index >= 15 is 0 Å². The number of methoxy groups -OCH3 is 1. The van der Waals surface area contributed by atoms with E-state index in [9.17, 15) is 0 Å². The van der Waals surface area contributed by atoms with Crippen molar-refractivity contribution in [3.05, 3.63) is 60.7 Å². The summed E-state index contributed by atoms with van der Waals surface area (Å²) in [6, 6.07) is 11.8. The van der Waals surface area contributed by atoms with Gasteiger partial charge in [0.1, 0.15) is 11.6 Å². The van der Waals surface area contributed by atoms with Gasteiger partial charge < -0.3 is 14.4 Å². The Labute approximate surface area is 231 Å². The molecule has 10 heteroatoms. The number of aromatic amines is 1. The molecule has 3 aliphatic rings. The van der Waals surface area contributed by atoms with Crippen LogP contribution in [0.2, 0.25) is 0 Å². The highest BCUT2D eigenvalue weighted by Crippen LogP contribution is 2.50. The summed E-state index contributed by atoms with van der Waals surface area (Å²) in [6.07, 6.45) is 10.3. The Bertz CT molecular complexity index is 1660. The summed E-state index contributed by atoms with van der Waals surface area (Å²) in [6.45, 7) is 5.69. The molecule has 2 bridgehead atoms. The van der Waals surface area contributed by atoms with Gasteiger partial charge in [-0.15, -0.1) is 5.10 Å². The van der Waals surface area contributed by atoms with E-state index in [1.165, 1.54) is 18.4 Å². The Morgan fingerprint density at radius 3 is 2.55 bits per heavy atom. The van der Waals surface area contributed by atoms with Crippen molar-refractivity contribution in [2.24, 2.45) is 11.8 Å². The molecule has 5 aromatic heterocycles. The van der Waals surface area contributed by atoms with Crippen LogP contribution in [-0.4, -0.2) is 73.6 Å². The van der Waals surface area contributed by atoms with E-state index in [2.05, 4.69) is 54.3 Å². The minimum Gasteiger partial charge on any atom is -0.492 e. The zero-order chi connectivity index (χ0) is 26.8. The van der Waals surface area contributed by atoms with Gasteiger partial charge in [0.2, 0.25) is 5.88 Å². The fraction of sp³-hybridized carbons (Fsp3) is 0.400. The number of nitrogens with zero attached hydrogens (tertiary/aromatic N) is 7. The minimum absolute atomic E-state index is 0.594. The molecule has 0 amide bonds. The second kappa shape index (κ2) is 9.19. The zero-order valence-electron chi connectivity index (χ0n) is 22.7. The molecule has 10 nitrogen and oxygen atoms in total. The van der Waals surface area contributed by atoms with E-state index in [-0.39, 0.29) is 0 Å². The van der Waals surface area contributed by atoms with E-state index in [1.54, 1.807) is 7.11 Å². The molecule has 8 rings (SSSR count). The molecule has 204 valence electrons. The summed E-state index contributed by atoms with van der Waals surface area (Å²) < 4.78 is 13.0. The quantitative estimate of drug-likeness (QED) is 0.331. The van der Waals surface area contributed by atoms with Gasteiger partial charge >= 0.3 is 0 Å². The molecule has 1 N–H and O–H groups in total. The van der Waals surface area contributed by atoms with Crippen LogP contribution >= 0.6 is 0 Å². The minimum atomic E-state index is 0.594. The molecule has 0 aromatic carbocycles. The van der Waals surface area contributed by atoms with Gasteiger partial charge in [-0.05, 0) is 55.4 Å². The molecule has 0 spiro atoms. The molecular formula is C30H32N8O2. The average Bonchev–Trinajstić information content (AvgIpc) is 3.79. The number of pyridine rings is 3. The molecule has 8 heterocycles. The van der Waals surface area contributed by atoms with Gasteiger partial charge in [-0.1, -0.05) is 6.07 Å².